The van der Waals surface area contributed by atoms with Gasteiger partial charge in [-0.05, 0) is 39.3 Å². The number of rotatable bonds is 6. The Balaban J connectivity index is 2.01. The number of esters is 1. The van der Waals surface area contributed by atoms with Crippen molar-refractivity contribution >= 4 is 17.8 Å². The number of ether oxygens (including phenoxy) is 2. The van der Waals surface area contributed by atoms with E-state index in [9.17, 15) is 9.59 Å². The van der Waals surface area contributed by atoms with Gasteiger partial charge in [0.25, 0.3) is 5.91 Å². The van der Waals surface area contributed by atoms with Crippen molar-refractivity contribution in [2.75, 3.05) is 18.5 Å². The summed E-state index contributed by atoms with van der Waals surface area (Å²) in [5.74, 6) is -0.478. The average molecular weight is 332 g/mol. The third-order valence-electron chi connectivity index (χ3n) is 3.28. The van der Waals surface area contributed by atoms with E-state index in [1.807, 2.05) is 26.0 Å². The zero-order chi connectivity index (χ0) is 17.7. The van der Waals surface area contributed by atoms with Crippen molar-refractivity contribution in [3.63, 3.8) is 0 Å². The molecule has 0 unspecified atom stereocenters. The summed E-state index contributed by atoms with van der Waals surface area (Å²) in [4.78, 5) is 23.9. The summed E-state index contributed by atoms with van der Waals surface area (Å²) in [6.45, 7) is 7.17. The van der Waals surface area contributed by atoms with Crippen molar-refractivity contribution < 1.29 is 23.6 Å². The molecular formula is C17H20N2O5. The first-order chi connectivity index (χ1) is 11.4. The number of aromatic nitrogens is 1. The first-order valence-electron chi connectivity index (χ1n) is 7.55. The van der Waals surface area contributed by atoms with Crippen LogP contribution in [0.1, 0.15) is 34.1 Å². The van der Waals surface area contributed by atoms with Crippen LogP contribution in [0.3, 0.4) is 0 Å². The fraction of sp³-hybridized carbons (Fsp3) is 0.353. The summed E-state index contributed by atoms with van der Waals surface area (Å²) in [6.07, 6.45) is 0. The predicted molar refractivity (Wildman–Crippen MR) is 87.2 cm³/mol. The average Bonchev–Trinajstić information content (AvgIpc) is 2.87. The summed E-state index contributed by atoms with van der Waals surface area (Å²) in [7, 11) is 0. The number of nitrogens with one attached hydrogen (secondary N) is 1. The molecule has 0 saturated carbocycles. The highest BCUT2D eigenvalue weighted by molar-refractivity contribution is 6.00. The normalized spacial score (nSPS) is 10.3. The number of carbonyl (C=O) groups excluding carboxylic acids is 2. The van der Waals surface area contributed by atoms with E-state index in [1.54, 1.807) is 19.9 Å². The van der Waals surface area contributed by atoms with Gasteiger partial charge in [0.15, 0.2) is 6.61 Å². The first kappa shape index (κ1) is 17.5. The van der Waals surface area contributed by atoms with Gasteiger partial charge in [0.05, 0.1) is 12.3 Å². The van der Waals surface area contributed by atoms with Gasteiger partial charge < -0.3 is 14.0 Å². The minimum Gasteiger partial charge on any atom is -0.483 e. The topological polar surface area (TPSA) is 90.7 Å². The number of hydrogen-bond donors (Lipinski definition) is 1. The number of hydrogen-bond acceptors (Lipinski definition) is 6. The maximum absolute atomic E-state index is 12.0. The summed E-state index contributed by atoms with van der Waals surface area (Å²) in [5, 5.41) is 6.16. The van der Waals surface area contributed by atoms with E-state index >= 15 is 0 Å². The van der Waals surface area contributed by atoms with Gasteiger partial charge in [-0.1, -0.05) is 22.9 Å². The molecule has 0 spiro atoms. The number of benzene rings is 1. The summed E-state index contributed by atoms with van der Waals surface area (Å²) < 4.78 is 15.4. The number of anilines is 1. The smallest absolute Gasteiger partial charge is 0.345 e. The highest BCUT2D eigenvalue weighted by Crippen LogP contribution is 2.21. The summed E-state index contributed by atoms with van der Waals surface area (Å²) >= 11 is 0. The molecule has 0 saturated heterocycles. The molecule has 24 heavy (non-hydrogen) atoms. The van der Waals surface area contributed by atoms with Crippen molar-refractivity contribution in [3.05, 3.63) is 40.6 Å². The van der Waals surface area contributed by atoms with Crippen LogP contribution in [0.5, 0.6) is 5.75 Å². The van der Waals surface area contributed by atoms with Gasteiger partial charge in [-0.15, -0.1) is 0 Å². The molecule has 2 aromatic rings. The first-order valence-corrected chi connectivity index (χ1v) is 7.55. The van der Waals surface area contributed by atoms with Gasteiger partial charge in [0.2, 0.25) is 5.88 Å². The number of aryl methyl sites for hydroxylation is 3. The van der Waals surface area contributed by atoms with E-state index in [4.69, 9.17) is 14.0 Å². The summed E-state index contributed by atoms with van der Waals surface area (Å²) in [6, 6.07) is 5.67. The molecule has 128 valence electrons. The van der Waals surface area contributed by atoms with E-state index < -0.39 is 11.9 Å². The van der Waals surface area contributed by atoms with Gasteiger partial charge in [-0.2, -0.15) is 0 Å². The number of nitrogens with zero attached hydrogens (tertiary/aromatic N) is 1. The molecule has 7 nitrogen and oxygen atoms in total. The lowest BCUT2D eigenvalue weighted by Gasteiger charge is -2.09. The highest BCUT2D eigenvalue weighted by atomic mass is 16.5. The Morgan fingerprint density at radius 1 is 1.25 bits per heavy atom. The van der Waals surface area contributed by atoms with Gasteiger partial charge in [-0.25, -0.2) is 4.79 Å². The second kappa shape index (κ2) is 7.63. The molecule has 1 aromatic heterocycles. The van der Waals surface area contributed by atoms with E-state index in [-0.39, 0.29) is 24.7 Å². The zero-order valence-electron chi connectivity index (χ0n) is 14.1. The van der Waals surface area contributed by atoms with Crippen LogP contribution in [-0.4, -0.2) is 30.2 Å². The largest absolute Gasteiger partial charge is 0.483 e. The molecule has 0 fully saturated rings. The molecule has 0 aliphatic heterocycles. The van der Waals surface area contributed by atoms with Crippen LogP contribution >= 0.6 is 0 Å². The Hall–Kier alpha value is -2.83. The molecule has 0 aliphatic rings. The van der Waals surface area contributed by atoms with Crippen LogP contribution in [0.25, 0.3) is 0 Å². The van der Waals surface area contributed by atoms with E-state index in [0.717, 1.165) is 11.1 Å². The van der Waals surface area contributed by atoms with Crippen molar-refractivity contribution in [3.8, 4) is 5.75 Å². The van der Waals surface area contributed by atoms with Gasteiger partial charge >= 0.3 is 5.97 Å². The standard InChI is InChI=1S/C17H20N2O5/c1-5-22-17(21)15-12(4)19-24-16(15)18-14(20)9-23-13-7-6-10(2)8-11(13)3/h6-8H,5,9H2,1-4H3,(H,18,20). The molecule has 0 atom stereocenters. The van der Waals surface area contributed by atoms with Gasteiger partial charge in [-0.3, -0.25) is 10.1 Å². The molecule has 1 aromatic carbocycles. The lowest BCUT2D eigenvalue weighted by Crippen LogP contribution is -2.21. The van der Waals surface area contributed by atoms with Crippen molar-refractivity contribution in [1.29, 1.82) is 0 Å². The maximum atomic E-state index is 12.0. The maximum Gasteiger partial charge on any atom is 0.345 e. The monoisotopic (exact) mass is 332 g/mol. The minimum atomic E-state index is -0.596. The second-order valence-corrected chi connectivity index (χ2v) is 5.30. The van der Waals surface area contributed by atoms with Crippen LogP contribution in [0.15, 0.2) is 22.7 Å². The van der Waals surface area contributed by atoms with Crippen molar-refractivity contribution in [1.82, 2.24) is 5.16 Å². The highest BCUT2D eigenvalue weighted by Gasteiger charge is 2.23. The molecule has 0 bridgehead atoms. The van der Waals surface area contributed by atoms with Crippen LogP contribution in [0, 0.1) is 20.8 Å². The summed E-state index contributed by atoms with van der Waals surface area (Å²) in [5.41, 5.74) is 2.50. The molecule has 0 radical (unpaired) electrons. The quantitative estimate of drug-likeness (QED) is 0.818. The molecule has 0 aliphatic carbocycles. The van der Waals surface area contributed by atoms with Crippen molar-refractivity contribution in [2.45, 2.75) is 27.7 Å². The predicted octanol–water partition coefficient (Wildman–Crippen LogP) is 2.79. The molecular weight excluding hydrogens is 312 g/mol. The Labute approximate surface area is 139 Å². The Bertz CT molecular complexity index is 751. The third-order valence-corrected chi connectivity index (χ3v) is 3.28. The van der Waals surface area contributed by atoms with Gasteiger partial charge in [0.1, 0.15) is 11.3 Å². The SMILES string of the molecule is CCOC(=O)c1c(C)noc1NC(=O)COc1ccc(C)cc1C. The minimum absolute atomic E-state index is 0.0415. The van der Waals surface area contributed by atoms with E-state index in [2.05, 4.69) is 10.5 Å². The van der Waals surface area contributed by atoms with Crippen LogP contribution in [0.4, 0.5) is 5.88 Å². The van der Waals surface area contributed by atoms with Crippen molar-refractivity contribution in [2.24, 2.45) is 0 Å². The molecule has 2 rings (SSSR count). The molecule has 1 heterocycles. The molecule has 1 N–H and O–H groups in total. The fourth-order valence-corrected chi connectivity index (χ4v) is 2.17. The third kappa shape index (κ3) is 4.13. The second-order valence-electron chi connectivity index (χ2n) is 5.30. The van der Waals surface area contributed by atoms with Crippen LogP contribution < -0.4 is 10.1 Å². The number of carbonyl (C=O) groups is 2. The Morgan fingerprint density at radius 3 is 2.67 bits per heavy atom. The lowest BCUT2D eigenvalue weighted by atomic mass is 10.1. The van der Waals surface area contributed by atoms with Crippen LogP contribution in [-0.2, 0) is 9.53 Å². The fourth-order valence-electron chi connectivity index (χ4n) is 2.17. The van der Waals surface area contributed by atoms with Crippen LogP contribution in [0.2, 0.25) is 0 Å². The molecule has 1 amide bonds. The molecule has 7 heteroatoms. The Kier molecular flexibility index (Phi) is 5.57. The Morgan fingerprint density at radius 2 is 2.00 bits per heavy atom. The van der Waals surface area contributed by atoms with Gasteiger partial charge in [0, 0.05) is 0 Å². The lowest BCUT2D eigenvalue weighted by molar-refractivity contribution is -0.118. The zero-order valence-corrected chi connectivity index (χ0v) is 14.1. The number of amides is 1. The van der Waals surface area contributed by atoms with E-state index in [0.29, 0.717) is 11.4 Å². The van der Waals surface area contributed by atoms with E-state index in [1.165, 1.54) is 0 Å².